The van der Waals surface area contributed by atoms with E-state index >= 15 is 0 Å². The van der Waals surface area contributed by atoms with Crippen LogP contribution in [0.5, 0.6) is 5.75 Å². The molecule has 0 fully saturated rings. The summed E-state index contributed by atoms with van der Waals surface area (Å²) in [6.45, 7) is 0. The molecular formula is C23H18FN3O. The third-order valence-corrected chi connectivity index (χ3v) is 5.05. The predicted molar refractivity (Wildman–Crippen MR) is 109 cm³/mol. The Labute approximate surface area is 161 Å². The summed E-state index contributed by atoms with van der Waals surface area (Å²) in [6, 6.07) is 22.3. The van der Waals surface area contributed by atoms with Gasteiger partial charge in [0.2, 0.25) is 5.95 Å². The highest BCUT2D eigenvalue weighted by molar-refractivity contribution is 5.85. The average Bonchev–Trinajstić information content (AvgIpc) is 3.12. The minimum Gasteiger partial charge on any atom is -0.497 e. The van der Waals surface area contributed by atoms with Crippen LogP contribution in [0.4, 0.5) is 10.3 Å². The maximum atomic E-state index is 14.7. The number of benzene rings is 3. The number of nitrogens with one attached hydrogen (secondary N) is 1. The van der Waals surface area contributed by atoms with Gasteiger partial charge in [0.15, 0.2) is 0 Å². The van der Waals surface area contributed by atoms with Gasteiger partial charge in [0.1, 0.15) is 11.6 Å². The van der Waals surface area contributed by atoms with Crippen molar-refractivity contribution in [2.75, 3.05) is 12.4 Å². The maximum absolute atomic E-state index is 14.7. The van der Waals surface area contributed by atoms with E-state index in [9.17, 15) is 4.39 Å². The first kappa shape index (κ1) is 16.6. The quantitative estimate of drug-likeness (QED) is 0.535. The number of rotatable bonds is 3. The summed E-state index contributed by atoms with van der Waals surface area (Å²) < 4.78 is 22.1. The Bertz CT molecular complexity index is 1210. The molecule has 1 atom stereocenters. The second-order valence-electron chi connectivity index (χ2n) is 6.70. The first-order valence-electron chi connectivity index (χ1n) is 9.09. The standard InChI is InChI=1S/C23H18FN3O/c1-28-16-8-6-7-15(13-16)20-14-22(17-9-2-3-10-18(17)24)27-21-12-5-4-11-19(21)25-23(27)26-20/h2-14,22H,1H3,(H,25,26)/t22-/m1/s1. The van der Waals surface area contributed by atoms with Crippen LogP contribution >= 0.6 is 0 Å². The molecule has 138 valence electrons. The lowest BCUT2D eigenvalue weighted by molar-refractivity contribution is 0.414. The molecule has 1 N–H and O–H groups in total. The van der Waals surface area contributed by atoms with E-state index in [4.69, 9.17) is 9.72 Å². The Morgan fingerprint density at radius 2 is 1.82 bits per heavy atom. The van der Waals surface area contributed by atoms with Gasteiger partial charge in [-0.15, -0.1) is 0 Å². The third kappa shape index (κ3) is 2.63. The average molecular weight is 371 g/mol. The molecule has 0 saturated heterocycles. The predicted octanol–water partition coefficient (Wildman–Crippen LogP) is 5.24. The van der Waals surface area contributed by atoms with Crippen LogP contribution in [0.1, 0.15) is 17.2 Å². The number of ether oxygens (including phenoxy) is 1. The van der Waals surface area contributed by atoms with Crippen molar-refractivity contribution in [1.29, 1.82) is 0 Å². The van der Waals surface area contributed by atoms with Gasteiger partial charge in [0, 0.05) is 16.8 Å². The van der Waals surface area contributed by atoms with Gasteiger partial charge in [-0.25, -0.2) is 9.37 Å². The number of hydrogen-bond acceptors (Lipinski definition) is 3. The molecule has 0 aliphatic carbocycles. The third-order valence-electron chi connectivity index (χ3n) is 5.05. The lowest BCUT2D eigenvalue weighted by atomic mass is 10.0. The lowest BCUT2D eigenvalue weighted by Gasteiger charge is -2.27. The van der Waals surface area contributed by atoms with Gasteiger partial charge in [-0.3, -0.25) is 4.57 Å². The number of fused-ring (bicyclic) bond motifs is 3. The number of imidazole rings is 1. The molecule has 0 spiro atoms. The summed E-state index contributed by atoms with van der Waals surface area (Å²) in [7, 11) is 1.64. The number of anilines is 1. The van der Waals surface area contributed by atoms with E-state index < -0.39 is 0 Å². The van der Waals surface area contributed by atoms with E-state index in [0.29, 0.717) is 11.5 Å². The zero-order chi connectivity index (χ0) is 19.1. The minimum absolute atomic E-state index is 0.237. The number of halogens is 1. The fourth-order valence-corrected chi connectivity index (χ4v) is 3.71. The van der Waals surface area contributed by atoms with Crippen molar-refractivity contribution in [3.05, 3.63) is 95.8 Å². The summed E-state index contributed by atoms with van der Waals surface area (Å²) in [4.78, 5) is 4.73. The summed E-state index contributed by atoms with van der Waals surface area (Å²) in [6.07, 6.45) is 2.04. The first-order valence-corrected chi connectivity index (χ1v) is 9.09. The van der Waals surface area contributed by atoms with Crippen LogP contribution < -0.4 is 10.1 Å². The molecule has 5 heteroatoms. The van der Waals surface area contributed by atoms with Crippen molar-refractivity contribution in [3.63, 3.8) is 0 Å². The van der Waals surface area contributed by atoms with Gasteiger partial charge in [-0.1, -0.05) is 42.5 Å². The topological polar surface area (TPSA) is 39.1 Å². The van der Waals surface area contributed by atoms with E-state index in [-0.39, 0.29) is 11.9 Å². The molecule has 0 amide bonds. The minimum atomic E-state index is -0.314. The van der Waals surface area contributed by atoms with E-state index in [1.54, 1.807) is 13.2 Å². The van der Waals surface area contributed by atoms with E-state index in [1.807, 2.05) is 71.3 Å². The highest BCUT2D eigenvalue weighted by atomic mass is 19.1. The van der Waals surface area contributed by atoms with Gasteiger partial charge < -0.3 is 10.1 Å². The highest BCUT2D eigenvalue weighted by Crippen LogP contribution is 2.37. The highest BCUT2D eigenvalue weighted by Gasteiger charge is 2.27. The van der Waals surface area contributed by atoms with Crippen LogP contribution in [0.3, 0.4) is 0 Å². The van der Waals surface area contributed by atoms with Crippen LogP contribution in [0, 0.1) is 5.82 Å². The number of nitrogens with zero attached hydrogens (tertiary/aromatic N) is 2. The maximum Gasteiger partial charge on any atom is 0.209 e. The molecule has 28 heavy (non-hydrogen) atoms. The molecular weight excluding hydrogens is 353 g/mol. The van der Waals surface area contributed by atoms with Gasteiger partial charge in [-0.05, 0) is 36.4 Å². The summed E-state index contributed by atoms with van der Waals surface area (Å²) >= 11 is 0. The van der Waals surface area contributed by atoms with Crippen LogP contribution in [0.15, 0.2) is 78.9 Å². The van der Waals surface area contributed by atoms with Gasteiger partial charge in [0.25, 0.3) is 0 Å². The molecule has 0 saturated carbocycles. The van der Waals surface area contributed by atoms with E-state index in [1.165, 1.54) is 6.07 Å². The van der Waals surface area contributed by atoms with Gasteiger partial charge in [0.05, 0.1) is 24.2 Å². The zero-order valence-electron chi connectivity index (χ0n) is 15.3. The van der Waals surface area contributed by atoms with Crippen molar-refractivity contribution in [1.82, 2.24) is 9.55 Å². The Morgan fingerprint density at radius 3 is 2.68 bits per heavy atom. The summed E-state index contributed by atoms with van der Waals surface area (Å²) in [5.74, 6) is 1.22. The molecule has 4 aromatic rings. The van der Waals surface area contributed by atoms with Crippen LogP contribution in [-0.4, -0.2) is 16.7 Å². The number of allylic oxidation sites excluding steroid dienone is 1. The SMILES string of the molecule is COc1cccc(C2=C[C@H](c3ccccc3F)n3c(nc4ccccc43)N2)c1. The van der Waals surface area contributed by atoms with Crippen molar-refractivity contribution < 1.29 is 9.13 Å². The van der Waals surface area contributed by atoms with Gasteiger partial charge >= 0.3 is 0 Å². The number of methoxy groups -OCH3 is 1. The second kappa shape index (κ2) is 6.53. The molecule has 1 aliphatic rings. The van der Waals surface area contributed by atoms with Gasteiger partial charge in [-0.2, -0.15) is 0 Å². The fourth-order valence-electron chi connectivity index (χ4n) is 3.71. The molecule has 3 aromatic carbocycles. The van der Waals surface area contributed by atoms with Crippen molar-refractivity contribution in [2.45, 2.75) is 6.04 Å². The first-order chi connectivity index (χ1) is 13.7. The smallest absolute Gasteiger partial charge is 0.209 e. The van der Waals surface area contributed by atoms with E-state index in [0.717, 1.165) is 28.0 Å². The van der Waals surface area contributed by atoms with Crippen LogP contribution in [-0.2, 0) is 0 Å². The van der Waals surface area contributed by atoms with Crippen LogP contribution in [0.2, 0.25) is 0 Å². The Balaban J connectivity index is 1.73. The second-order valence-corrected chi connectivity index (χ2v) is 6.70. The van der Waals surface area contributed by atoms with E-state index in [2.05, 4.69) is 5.32 Å². The number of para-hydroxylation sites is 2. The molecule has 0 unspecified atom stereocenters. The summed E-state index contributed by atoms with van der Waals surface area (Å²) in [5.41, 5.74) is 4.26. The molecule has 1 aliphatic heterocycles. The lowest BCUT2D eigenvalue weighted by Crippen LogP contribution is -2.20. The number of hydrogen-bond donors (Lipinski definition) is 1. The van der Waals surface area contributed by atoms with Crippen molar-refractivity contribution >= 4 is 22.7 Å². The van der Waals surface area contributed by atoms with Crippen LogP contribution in [0.25, 0.3) is 16.7 Å². The Kier molecular flexibility index (Phi) is 3.86. The van der Waals surface area contributed by atoms with Crippen molar-refractivity contribution in [2.24, 2.45) is 0 Å². The fraction of sp³-hybridized carbons (Fsp3) is 0.0870. The molecule has 5 rings (SSSR count). The molecule has 1 aromatic heterocycles. The monoisotopic (exact) mass is 371 g/mol. The Hall–Kier alpha value is -3.60. The van der Waals surface area contributed by atoms with Crippen molar-refractivity contribution in [3.8, 4) is 5.75 Å². The Morgan fingerprint density at radius 1 is 1.00 bits per heavy atom. The molecule has 0 bridgehead atoms. The molecule has 4 nitrogen and oxygen atoms in total. The molecule has 0 radical (unpaired) electrons. The summed E-state index contributed by atoms with van der Waals surface area (Å²) in [5, 5.41) is 3.41. The number of aromatic nitrogens is 2. The largest absolute Gasteiger partial charge is 0.497 e. The normalized spacial score (nSPS) is 15.6. The zero-order valence-corrected chi connectivity index (χ0v) is 15.3. The molecule has 2 heterocycles.